The van der Waals surface area contributed by atoms with Gasteiger partial charge >= 0.3 is 5.97 Å². The van der Waals surface area contributed by atoms with Crippen molar-refractivity contribution in [2.24, 2.45) is 5.92 Å². The largest absolute Gasteiger partial charge is 0.492 e. The van der Waals surface area contributed by atoms with Crippen LogP contribution in [0.1, 0.15) is 34.5 Å². The highest BCUT2D eigenvalue weighted by Crippen LogP contribution is 2.59. The molecule has 0 amide bonds. The topological polar surface area (TPSA) is 81.7 Å². The number of hydrogen-bond acceptors (Lipinski definition) is 8. The molecule has 0 bridgehead atoms. The third-order valence-electron chi connectivity index (χ3n) is 7.02. The molecule has 0 spiro atoms. The maximum absolute atomic E-state index is 13.3. The van der Waals surface area contributed by atoms with Crippen LogP contribution >= 0.6 is 0 Å². The number of esters is 1. The Morgan fingerprint density at radius 1 is 0.892 bits per heavy atom. The smallest absolute Gasteiger partial charge is 0.339 e. The molecule has 0 fully saturated rings. The number of hydrogen-bond donors (Lipinski definition) is 0. The fraction of sp³-hybridized carbons (Fsp3) is 0.276. The van der Waals surface area contributed by atoms with Gasteiger partial charge in [-0.15, -0.1) is 0 Å². The van der Waals surface area contributed by atoms with Crippen molar-refractivity contribution in [3.8, 4) is 45.6 Å². The van der Waals surface area contributed by atoms with E-state index in [9.17, 15) is 4.79 Å². The highest BCUT2D eigenvalue weighted by Gasteiger charge is 2.39. The summed E-state index contributed by atoms with van der Waals surface area (Å²) >= 11 is 0. The van der Waals surface area contributed by atoms with E-state index in [0.29, 0.717) is 57.6 Å². The van der Waals surface area contributed by atoms with Crippen LogP contribution in [0.4, 0.5) is 0 Å². The van der Waals surface area contributed by atoms with E-state index in [0.717, 1.165) is 16.7 Å². The van der Waals surface area contributed by atoms with Gasteiger partial charge in [0.2, 0.25) is 25.1 Å². The normalized spacial score (nSPS) is 18.8. The summed E-state index contributed by atoms with van der Waals surface area (Å²) in [5.41, 5.74) is 4.23. The summed E-state index contributed by atoms with van der Waals surface area (Å²) < 4.78 is 41.1. The Morgan fingerprint density at radius 2 is 1.51 bits per heavy atom. The number of methoxy groups -OCH3 is 2. The Kier molecular flexibility index (Phi) is 5.59. The van der Waals surface area contributed by atoms with Gasteiger partial charge in [0.15, 0.2) is 23.0 Å². The molecule has 0 N–H and O–H groups in total. The SMILES string of the molecule is C=C1C(C)Cc2cc3c(c(OC)c2-c2c(cc4c(c2OC)OCO4)C1OC(=O)c1ccccc1)OCO3. The van der Waals surface area contributed by atoms with Crippen LogP contribution < -0.4 is 28.4 Å². The summed E-state index contributed by atoms with van der Waals surface area (Å²) in [5.74, 6) is 2.54. The molecule has 37 heavy (non-hydrogen) atoms. The zero-order valence-corrected chi connectivity index (χ0v) is 20.8. The number of rotatable bonds is 4. The van der Waals surface area contributed by atoms with Gasteiger partial charge in [0.05, 0.1) is 19.8 Å². The highest BCUT2D eigenvalue weighted by molar-refractivity contribution is 5.92. The summed E-state index contributed by atoms with van der Waals surface area (Å²) in [6, 6.07) is 12.7. The van der Waals surface area contributed by atoms with Crippen molar-refractivity contribution in [1.29, 1.82) is 0 Å². The Morgan fingerprint density at radius 3 is 2.16 bits per heavy atom. The van der Waals surface area contributed by atoms with Gasteiger partial charge in [-0.05, 0) is 47.7 Å². The first kappa shape index (κ1) is 23.1. The Labute approximate surface area is 214 Å². The summed E-state index contributed by atoms with van der Waals surface area (Å²) in [5, 5.41) is 0. The maximum Gasteiger partial charge on any atom is 0.339 e. The van der Waals surface area contributed by atoms with Crippen molar-refractivity contribution in [3.63, 3.8) is 0 Å². The fourth-order valence-corrected chi connectivity index (χ4v) is 5.19. The van der Waals surface area contributed by atoms with E-state index in [2.05, 4.69) is 13.5 Å². The molecule has 3 aromatic rings. The van der Waals surface area contributed by atoms with Gasteiger partial charge in [-0.1, -0.05) is 31.7 Å². The van der Waals surface area contributed by atoms with E-state index in [-0.39, 0.29) is 19.5 Å². The first-order valence-electron chi connectivity index (χ1n) is 12.0. The van der Waals surface area contributed by atoms with E-state index < -0.39 is 12.1 Å². The number of carbonyl (C=O) groups excluding carboxylic acids is 1. The summed E-state index contributed by atoms with van der Waals surface area (Å²) in [7, 11) is 3.16. The molecule has 2 heterocycles. The van der Waals surface area contributed by atoms with Crippen LogP contribution in [0.2, 0.25) is 0 Å². The lowest BCUT2D eigenvalue weighted by Gasteiger charge is -2.32. The Bertz CT molecular complexity index is 1410. The molecular formula is C29H26O8. The van der Waals surface area contributed by atoms with Crippen molar-refractivity contribution in [3.05, 3.63) is 71.3 Å². The standard InChI is InChI=1S/C29H26O8/c1-15-10-18-11-20-25(35-13-33-20)27(31-3)22(18)23-19(12-21-26(28(23)32-4)36-14-34-21)24(16(15)2)37-29(30)17-8-6-5-7-9-17/h5-9,11-12,15,24H,2,10,13-14H2,1,3-4H3. The lowest BCUT2D eigenvalue weighted by Crippen LogP contribution is -2.21. The molecule has 190 valence electrons. The van der Waals surface area contributed by atoms with Gasteiger partial charge in [-0.25, -0.2) is 4.79 Å². The van der Waals surface area contributed by atoms with Crippen LogP contribution in [0.3, 0.4) is 0 Å². The van der Waals surface area contributed by atoms with Crippen molar-refractivity contribution in [2.75, 3.05) is 27.8 Å². The Balaban J connectivity index is 1.64. The maximum atomic E-state index is 13.3. The molecule has 2 atom stereocenters. The molecule has 0 saturated heterocycles. The predicted molar refractivity (Wildman–Crippen MR) is 134 cm³/mol. The van der Waals surface area contributed by atoms with Crippen LogP contribution in [0, 0.1) is 5.92 Å². The van der Waals surface area contributed by atoms with Crippen LogP contribution in [0.25, 0.3) is 11.1 Å². The lowest BCUT2D eigenvalue weighted by molar-refractivity contribution is 0.0354. The second-order valence-corrected chi connectivity index (χ2v) is 9.12. The van der Waals surface area contributed by atoms with Crippen LogP contribution in [0.5, 0.6) is 34.5 Å². The lowest BCUT2D eigenvalue weighted by atomic mass is 9.78. The van der Waals surface area contributed by atoms with Crippen LogP contribution in [-0.4, -0.2) is 33.8 Å². The van der Waals surface area contributed by atoms with E-state index in [1.807, 2.05) is 18.2 Å². The molecule has 8 heteroatoms. The summed E-state index contributed by atoms with van der Waals surface area (Å²) in [4.78, 5) is 13.3. The molecule has 8 nitrogen and oxygen atoms in total. The number of benzene rings is 3. The summed E-state index contributed by atoms with van der Waals surface area (Å²) in [6.45, 7) is 6.58. The zero-order chi connectivity index (χ0) is 25.7. The van der Waals surface area contributed by atoms with E-state index >= 15 is 0 Å². The number of ether oxygens (including phenoxy) is 7. The third kappa shape index (κ3) is 3.63. The van der Waals surface area contributed by atoms with Crippen LogP contribution in [0.15, 0.2) is 54.6 Å². The molecule has 0 saturated carbocycles. The monoisotopic (exact) mass is 502 g/mol. The van der Waals surface area contributed by atoms with Crippen molar-refractivity contribution in [2.45, 2.75) is 19.4 Å². The average molecular weight is 503 g/mol. The fourth-order valence-electron chi connectivity index (χ4n) is 5.19. The molecule has 0 radical (unpaired) electrons. The number of carbonyl (C=O) groups is 1. The van der Waals surface area contributed by atoms with Gasteiger partial charge in [-0.2, -0.15) is 0 Å². The minimum Gasteiger partial charge on any atom is -0.492 e. The van der Waals surface area contributed by atoms with Crippen molar-refractivity contribution < 1.29 is 38.0 Å². The van der Waals surface area contributed by atoms with Gasteiger partial charge in [0, 0.05) is 16.7 Å². The summed E-state index contributed by atoms with van der Waals surface area (Å²) in [6.07, 6.45) is -0.193. The molecular weight excluding hydrogens is 476 g/mol. The predicted octanol–water partition coefficient (Wildman–Crippen LogP) is 5.47. The quantitative estimate of drug-likeness (QED) is 0.343. The van der Waals surface area contributed by atoms with Gasteiger partial charge in [0.25, 0.3) is 0 Å². The van der Waals surface area contributed by atoms with Gasteiger partial charge in [-0.3, -0.25) is 0 Å². The number of fused-ring (bicyclic) bond motifs is 5. The second kappa shape index (κ2) is 8.96. The van der Waals surface area contributed by atoms with E-state index in [4.69, 9.17) is 33.2 Å². The van der Waals surface area contributed by atoms with Crippen molar-refractivity contribution in [1.82, 2.24) is 0 Å². The second-order valence-electron chi connectivity index (χ2n) is 9.12. The first-order valence-corrected chi connectivity index (χ1v) is 12.0. The molecule has 0 aromatic heterocycles. The third-order valence-corrected chi connectivity index (χ3v) is 7.02. The molecule has 1 aliphatic carbocycles. The molecule has 3 aliphatic rings. The molecule has 3 aromatic carbocycles. The molecule has 6 rings (SSSR count). The highest BCUT2D eigenvalue weighted by atomic mass is 16.7. The van der Waals surface area contributed by atoms with Gasteiger partial charge in [0.1, 0.15) is 6.10 Å². The van der Waals surface area contributed by atoms with E-state index in [1.165, 1.54) is 0 Å². The Hall–Kier alpha value is -4.33. The van der Waals surface area contributed by atoms with Crippen LogP contribution in [-0.2, 0) is 11.2 Å². The van der Waals surface area contributed by atoms with E-state index in [1.54, 1.807) is 38.5 Å². The zero-order valence-electron chi connectivity index (χ0n) is 20.8. The minimum atomic E-state index is -0.788. The molecule has 2 aliphatic heterocycles. The average Bonchev–Trinajstić information content (AvgIpc) is 3.59. The minimum absolute atomic E-state index is 0.0472. The van der Waals surface area contributed by atoms with Gasteiger partial charge < -0.3 is 33.2 Å². The molecule has 2 unspecified atom stereocenters. The first-order chi connectivity index (χ1) is 18.0. The van der Waals surface area contributed by atoms with Crippen molar-refractivity contribution >= 4 is 5.97 Å².